The van der Waals surface area contributed by atoms with Crippen molar-refractivity contribution in [3.05, 3.63) is 83.2 Å². The summed E-state index contributed by atoms with van der Waals surface area (Å²) in [6, 6.07) is 13.9. The van der Waals surface area contributed by atoms with Gasteiger partial charge in [0.05, 0.1) is 0 Å². The second-order valence-electron chi connectivity index (χ2n) is 6.41. The lowest BCUT2D eigenvalue weighted by molar-refractivity contribution is -0.119. The van der Waals surface area contributed by atoms with Crippen LogP contribution in [0, 0.1) is 12.7 Å². The number of rotatable bonds is 4. The van der Waals surface area contributed by atoms with Gasteiger partial charge in [0.25, 0.3) is 0 Å². The number of imidazole rings is 1. The Morgan fingerprint density at radius 3 is 2.60 bits per heavy atom. The molecule has 0 saturated heterocycles. The Hall–Kier alpha value is -2.95. The monoisotopic (exact) mass is 335 g/mol. The van der Waals surface area contributed by atoms with Crippen molar-refractivity contribution < 1.29 is 9.18 Å². The lowest BCUT2D eigenvalue weighted by atomic mass is 9.72. The number of anilines is 1. The fourth-order valence-electron chi connectivity index (χ4n) is 3.65. The van der Waals surface area contributed by atoms with Gasteiger partial charge in [-0.3, -0.25) is 4.79 Å². The van der Waals surface area contributed by atoms with E-state index < -0.39 is 5.41 Å². The molecular formula is C20H18FN3O. The topological polar surface area (TPSA) is 57.8 Å². The smallest absolute Gasteiger partial charge is 0.239 e. The van der Waals surface area contributed by atoms with Crippen LogP contribution >= 0.6 is 0 Å². The minimum absolute atomic E-state index is 0.0726. The van der Waals surface area contributed by atoms with Crippen molar-refractivity contribution in [2.24, 2.45) is 0 Å². The summed E-state index contributed by atoms with van der Waals surface area (Å²) in [5.41, 5.74) is 2.70. The van der Waals surface area contributed by atoms with Crippen LogP contribution in [0.5, 0.6) is 0 Å². The summed E-state index contributed by atoms with van der Waals surface area (Å²) in [6.45, 7) is 1.90. The van der Waals surface area contributed by atoms with E-state index in [9.17, 15) is 9.18 Å². The first-order valence-electron chi connectivity index (χ1n) is 8.27. The van der Waals surface area contributed by atoms with E-state index in [0.717, 1.165) is 28.3 Å². The average molecular weight is 335 g/mol. The van der Waals surface area contributed by atoms with Gasteiger partial charge in [-0.15, -0.1) is 0 Å². The average Bonchev–Trinajstić information content (AvgIpc) is 3.15. The van der Waals surface area contributed by atoms with Crippen molar-refractivity contribution >= 4 is 11.6 Å². The first kappa shape index (κ1) is 15.6. The molecule has 0 radical (unpaired) electrons. The number of nitrogens with one attached hydrogen (secondary N) is 2. The molecule has 1 aromatic heterocycles. The van der Waals surface area contributed by atoms with E-state index in [1.165, 1.54) is 12.1 Å². The standard InChI is InChI=1S/C20H18FN3O/c1-13-22-12-16(23-13)10-11-20(14-6-8-15(21)9-7-14)17-4-2-3-5-18(17)24-19(20)25/h2-9,12H,10-11H2,1H3,(H,22,23)(H,24,25). The molecule has 2 aromatic carbocycles. The van der Waals surface area contributed by atoms with E-state index in [2.05, 4.69) is 15.3 Å². The van der Waals surface area contributed by atoms with E-state index in [1.54, 1.807) is 18.3 Å². The molecule has 0 saturated carbocycles. The van der Waals surface area contributed by atoms with Crippen LogP contribution in [0.15, 0.2) is 54.7 Å². The van der Waals surface area contributed by atoms with Crippen LogP contribution in [0.2, 0.25) is 0 Å². The molecule has 5 heteroatoms. The maximum absolute atomic E-state index is 13.4. The SMILES string of the molecule is Cc1ncc(CCC2(c3ccc(F)cc3)C(=O)Nc3ccccc32)[nH]1. The second-order valence-corrected chi connectivity index (χ2v) is 6.41. The van der Waals surface area contributed by atoms with E-state index in [1.807, 2.05) is 31.2 Å². The van der Waals surface area contributed by atoms with Crippen LogP contribution in [0.3, 0.4) is 0 Å². The maximum Gasteiger partial charge on any atom is 0.239 e. The lowest BCUT2D eigenvalue weighted by Gasteiger charge is -2.28. The molecular weight excluding hydrogens is 317 g/mol. The van der Waals surface area contributed by atoms with Gasteiger partial charge in [0.15, 0.2) is 0 Å². The van der Waals surface area contributed by atoms with Gasteiger partial charge in [0.1, 0.15) is 17.1 Å². The summed E-state index contributed by atoms with van der Waals surface area (Å²) in [6.07, 6.45) is 3.04. The summed E-state index contributed by atoms with van der Waals surface area (Å²) < 4.78 is 13.4. The zero-order chi connectivity index (χ0) is 17.4. The van der Waals surface area contributed by atoms with Crippen LogP contribution in [0.1, 0.15) is 29.1 Å². The summed E-state index contributed by atoms with van der Waals surface area (Å²) in [5, 5.41) is 2.98. The number of nitrogens with zero attached hydrogens (tertiary/aromatic N) is 1. The van der Waals surface area contributed by atoms with E-state index >= 15 is 0 Å². The van der Waals surface area contributed by atoms with Gasteiger partial charge < -0.3 is 10.3 Å². The Morgan fingerprint density at radius 1 is 1.12 bits per heavy atom. The number of hydrogen-bond donors (Lipinski definition) is 2. The molecule has 2 N–H and O–H groups in total. The van der Waals surface area contributed by atoms with Gasteiger partial charge in [0.2, 0.25) is 5.91 Å². The van der Waals surface area contributed by atoms with Crippen molar-refractivity contribution in [2.75, 3.05) is 5.32 Å². The summed E-state index contributed by atoms with van der Waals surface area (Å²) >= 11 is 0. The van der Waals surface area contributed by atoms with Crippen LogP contribution in [0.25, 0.3) is 0 Å². The van der Waals surface area contributed by atoms with Gasteiger partial charge in [-0.25, -0.2) is 9.37 Å². The predicted octanol–water partition coefficient (Wildman–Crippen LogP) is 3.73. The fraction of sp³-hybridized carbons (Fsp3) is 0.200. The molecule has 0 bridgehead atoms. The number of carbonyl (C=O) groups excluding carboxylic acids is 1. The van der Waals surface area contributed by atoms with Gasteiger partial charge in [-0.2, -0.15) is 0 Å². The molecule has 2 heterocycles. The summed E-state index contributed by atoms with van der Waals surface area (Å²) in [4.78, 5) is 20.5. The van der Waals surface area contributed by atoms with Gasteiger partial charge in [-0.05, 0) is 49.1 Å². The highest BCUT2D eigenvalue weighted by atomic mass is 19.1. The van der Waals surface area contributed by atoms with Gasteiger partial charge >= 0.3 is 0 Å². The number of hydrogen-bond acceptors (Lipinski definition) is 2. The van der Waals surface area contributed by atoms with Crippen molar-refractivity contribution in [3.8, 4) is 0 Å². The number of carbonyl (C=O) groups is 1. The van der Waals surface area contributed by atoms with Crippen LogP contribution in [-0.4, -0.2) is 15.9 Å². The highest BCUT2D eigenvalue weighted by Gasteiger charge is 2.47. The fourth-order valence-corrected chi connectivity index (χ4v) is 3.65. The van der Waals surface area contributed by atoms with E-state index in [0.29, 0.717) is 12.8 Å². The third kappa shape index (κ3) is 2.52. The first-order chi connectivity index (χ1) is 12.1. The number of amides is 1. The third-order valence-electron chi connectivity index (χ3n) is 4.88. The maximum atomic E-state index is 13.4. The lowest BCUT2D eigenvalue weighted by Crippen LogP contribution is -2.36. The number of halogens is 1. The summed E-state index contributed by atoms with van der Waals surface area (Å²) in [5.74, 6) is 0.466. The van der Waals surface area contributed by atoms with Gasteiger partial charge in [-0.1, -0.05) is 30.3 Å². The van der Waals surface area contributed by atoms with E-state index in [-0.39, 0.29) is 11.7 Å². The van der Waals surface area contributed by atoms with E-state index in [4.69, 9.17) is 0 Å². The largest absolute Gasteiger partial charge is 0.346 e. The first-order valence-corrected chi connectivity index (χ1v) is 8.27. The molecule has 126 valence electrons. The molecule has 4 nitrogen and oxygen atoms in total. The predicted molar refractivity (Wildman–Crippen MR) is 93.9 cm³/mol. The minimum Gasteiger partial charge on any atom is -0.346 e. The number of para-hydroxylation sites is 1. The molecule has 4 rings (SSSR count). The second kappa shape index (κ2) is 5.84. The van der Waals surface area contributed by atoms with Crippen molar-refractivity contribution in [1.82, 2.24) is 9.97 Å². The third-order valence-corrected chi connectivity index (χ3v) is 4.88. The van der Waals surface area contributed by atoms with Crippen molar-refractivity contribution in [3.63, 3.8) is 0 Å². The Bertz CT molecular complexity index is 932. The Kier molecular flexibility index (Phi) is 3.64. The van der Waals surface area contributed by atoms with Gasteiger partial charge in [0, 0.05) is 17.6 Å². The molecule has 1 aliphatic rings. The zero-order valence-corrected chi connectivity index (χ0v) is 13.8. The normalized spacial score (nSPS) is 18.9. The van der Waals surface area contributed by atoms with Crippen molar-refractivity contribution in [2.45, 2.75) is 25.2 Å². The molecule has 0 fully saturated rings. The Labute approximate surface area is 145 Å². The highest BCUT2D eigenvalue weighted by Crippen LogP contribution is 2.45. The molecule has 0 aliphatic carbocycles. The number of H-pyrrole nitrogens is 1. The molecule has 1 aliphatic heterocycles. The van der Waals surface area contributed by atoms with Crippen LogP contribution in [0.4, 0.5) is 10.1 Å². The van der Waals surface area contributed by atoms with Crippen LogP contribution < -0.4 is 5.32 Å². The highest BCUT2D eigenvalue weighted by molar-refractivity contribution is 6.08. The molecule has 25 heavy (non-hydrogen) atoms. The quantitative estimate of drug-likeness (QED) is 0.763. The molecule has 3 aromatic rings. The Balaban J connectivity index is 1.81. The summed E-state index contributed by atoms with van der Waals surface area (Å²) in [7, 11) is 0. The number of aromatic amines is 1. The number of aryl methyl sites for hydroxylation is 2. The molecule has 1 atom stereocenters. The number of aromatic nitrogens is 2. The Morgan fingerprint density at radius 2 is 1.88 bits per heavy atom. The number of fused-ring (bicyclic) bond motifs is 1. The van der Waals surface area contributed by atoms with Crippen molar-refractivity contribution in [1.29, 1.82) is 0 Å². The molecule has 0 spiro atoms. The molecule has 1 amide bonds. The molecule has 1 unspecified atom stereocenters. The number of benzene rings is 2. The zero-order valence-electron chi connectivity index (χ0n) is 13.8. The minimum atomic E-state index is -0.830. The van der Waals surface area contributed by atoms with Crippen LogP contribution in [-0.2, 0) is 16.6 Å².